The molecular formula is C10H22O10. The molecule has 0 amide bonds. The van der Waals surface area contributed by atoms with E-state index < -0.39 is 62.7 Å². The summed E-state index contributed by atoms with van der Waals surface area (Å²) in [4.78, 5) is 10.5. The molecule has 0 aromatic heterocycles. The van der Waals surface area contributed by atoms with Crippen molar-refractivity contribution < 1.29 is 50.8 Å². The minimum absolute atomic E-state index is 0.526. The van der Waals surface area contributed by atoms with Crippen molar-refractivity contribution in [2.75, 3.05) is 26.4 Å². The summed E-state index contributed by atoms with van der Waals surface area (Å²) in [6.07, 6.45) is -7.66. The van der Waals surface area contributed by atoms with Gasteiger partial charge in [0.2, 0.25) is 0 Å². The lowest BCUT2D eigenvalue weighted by atomic mass is 10.1. The van der Waals surface area contributed by atoms with Crippen molar-refractivity contribution in [1.82, 2.24) is 0 Å². The molecule has 9 N–H and O–H groups in total. The van der Waals surface area contributed by atoms with Gasteiger partial charge in [0.15, 0.2) is 5.78 Å². The summed E-state index contributed by atoms with van der Waals surface area (Å²) < 4.78 is 0. The van der Waals surface area contributed by atoms with Crippen LogP contribution in [0.4, 0.5) is 0 Å². The lowest BCUT2D eigenvalue weighted by Gasteiger charge is -2.19. The second-order valence-corrected chi connectivity index (χ2v) is 3.81. The van der Waals surface area contributed by atoms with Crippen LogP contribution in [0, 0.1) is 0 Å². The van der Waals surface area contributed by atoms with Gasteiger partial charge in [-0.05, 0) is 0 Å². The van der Waals surface area contributed by atoms with E-state index in [1.165, 1.54) is 0 Å². The Morgan fingerprint density at radius 1 is 0.700 bits per heavy atom. The third-order valence-electron chi connectivity index (χ3n) is 2.21. The van der Waals surface area contributed by atoms with Crippen molar-refractivity contribution in [1.29, 1.82) is 0 Å². The highest BCUT2D eigenvalue weighted by molar-refractivity contribution is 5.84. The molecule has 0 aliphatic heterocycles. The fraction of sp³-hybridized carbons (Fsp3) is 0.900. The van der Waals surface area contributed by atoms with Gasteiger partial charge in [0.25, 0.3) is 0 Å². The molecule has 0 radical (unpaired) electrons. The Kier molecular flexibility index (Phi) is 13.1. The summed E-state index contributed by atoms with van der Waals surface area (Å²) in [6, 6.07) is 0. The van der Waals surface area contributed by atoms with Crippen LogP contribution in [0.5, 0.6) is 0 Å². The zero-order chi connectivity index (χ0) is 16.3. The number of aliphatic hydroxyl groups excluding tert-OH is 9. The maximum Gasteiger partial charge on any atom is 0.189 e. The molecule has 0 heterocycles. The minimum atomic E-state index is -1.86. The molecule has 0 spiro atoms. The van der Waals surface area contributed by atoms with Gasteiger partial charge in [-0.2, -0.15) is 0 Å². The standard InChI is InChI=1S/C6H12O6.C4H10O4/c7-1-3(9)5(11)6(12)4(10)2-8;5-1-3(7)4(8)2-6/h3,5-9,11-12H,1-2H2;3-8H,1-2H2/t3-,5+,6+;3-,4+/m1./s1. The van der Waals surface area contributed by atoms with Crippen LogP contribution in [0.15, 0.2) is 0 Å². The molecule has 0 fully saturated rings. The highest BCUT2D eigenvalue weighted by Crippen LogP contribution is 2.00. The Labute approximate surface area is 114 Å². The fourth-order valence-corrected chi connectivity index (χ4v) is 0.846. The molecule has 0 saturated carbocycles. The molecule has 10 heteroatoms. The number of Topliss-reactive ketones (excluding diaryl/α,β-unsaturated/α-hetero) is 1. The minimum Gasteiger partial charge on any atom is -0.394 e. The Hall–Kier alpha value is -0.690. The van der Waals surface area contributed by atoms with Crippen LogP contribution in [0.2, 0.25) is 0 Å². The van der Waals surface area contributed by atoms with Crippen LogP contribution >= 0.6 is 0 Å². The third kappa shape index (κ3) is 8.47. The first-order chi connectivity index (χ1) is 9.26. The largest absolute Gasteiger partial charge is 0.394 e. The summed E-state index contributed by atoms with van der Waals surface area (Å²) in [5.41, 5.74) is 0. The molecule has 0 rings (SSSR count). The van der Waals surface area contributed by atoms with Crippen LogP contribution < -0.4 is 0 Å². The van der Waals surface area contributed by atoms with E-state index >= 15 is 0 Å². The lowest BCUT2D eigenvalue weighted by molar-refractivity contribution is -0.142. The average Bonchev–Trinajstić information content (AvgIpc) is 2.50. The van der Waals surface area contributed by atoms with Crippen molar-refractivity contribution in [3.05, 3.63) is 0 Å². The molecule has 0 aromatic rings. The van der Waals surface area contributed by atoms with Crippen molar-refractivity contribution in [2.45, 2.75) is 30.5 Å². The number of hydrogen-bond acceptors (Lipinski definition) is 10. The molecule has 0 bridgehead atoms. The first-order valence-electron chi connectivity index (χ1n) is 5.63. The second-order valence-electron chi connectivity index (χ2n) is 3.81. The topological polar surface area (TPSA) is 199 Å². The van der Waals surface area contributed by atoms with Crippen LogP contribution in [0.25, 0.3) is 0 Å². The van der Waals surface area contributed by atoms with Gasteiger partial charge in [-0.15, -0.1) is 0 Å². The molecule has 0 unspecified atom stereocenters. The van der Waals surface area contributed by atoms with Gasteiger partial charge in [0.05, 0.1) is 19.8 Å². The number of ketones is 1. The summed E-state index contributed by atoms with van der Waals surface area (Å²) >= 11 is 0. The van der Waals surface area contributed by atoms with Gasteiger partial charge < -0.3 is 46.0 Å². The van der Waals surface area contributed by atoms with Crippen LogP contribution in [0.1, 0.15) is 0 Å². The van der Waals surface area contributed by atoms with Crippen LogP contribution in [-0.4, -0.2) is 109 Å². The summed E-state index contributed by atoms with van der Waals surface area (Å²) in [5, 5.41) is 76.2. The van der Waals surface area contributed by atoms with E-state index in [9.17, 15) is 4.79 Å². The van der Waals surface area contributed by atoms with Crippen molar-refractivity contribution >= 4 is 5.78 Å². The number of rotatable bonds is 8. The van der Waals surface area contributed by atoms with Gasteiger partial charge in [-0.25, -0.2) is 0 Å². The van der Waals surface area contributed by atoms with Crippen LogP contribution in [-0.2, 0) is 4.79 Å². The predicted molar refractivity (Wildman–Crippen MR) is 63.4 cm³/mol. The summed E-state index contributed by atoms with van der Waals surface area (Å²) in [5.74, 6) is -1.00. The van der Waals surface area contributed by atoms with E-state index in [2.05, 4.69) is 0 Å². The van der Waals surface area contributed by atoms with E-state index in [4.69, 9.17) is 46.0 Å². The Morgan fingerprint density at radius 3 is 1.30 bits per heavy atom. The van der Waals surface area contributed by atoms with E-state index in [1.54, 1.807) is 0 Å². The Balaban J connectivity index is 0. The summed E-state index contributed by atoms with van der Waals surface area (Å²) in [6.45, 7) is -2.74. The molecule has 0 aliphatic rings. The predicted octanol–water partition coefficient (Wildman–Crippen LogP) is -5.68. The van der Waals surface area contributed by atoms with E-state index in [0.29, 0.717) is 0 Å². The number of hydrogen-bond donors (Lipinski definition) is 9. The number of carbonyl (C=O) groups is 1. The number of carbonyl (C=O) groups excluding carboxylic acids is 1. The zero-order valence-corrected chi connectivity index (χ0v) is 10.6. The zero-order valence-electron chi connectivity index (χ0n) is 10.6. The SMILES string of the molecule is O=C(CO)[C@H](O)[C@@H](O)[C@H](O)CO.OC[C@@H](O)[C@@H](O)CO. The Bertz CT molecular complexity index is 240. The monoisotopic (exact) mass is 302 g/mol. The van der Waals surface area contributed by atoms with Gasteiger partial charge >= 0.3 is 0 Å². The third-order valence-corrected chi connectivity index (χ3v) is 2.21. The summed E-state index contributed by atoms with van der Waals surface area (Å²) in [7, 11) is 0. The van der Waals surface area contributed by atoms with E-state index in [-0.39, 0.29) is 0 Å². The molecule has 20 heavy (non-hydrogen) atoms. The van der Waals surface area contributed by atoms with E-state index in [1.807, 2.05) is 0 Å². The molecule has 10 nitrogen and oxygen atoms in total. The first kappa shape index (κ1) is 21.6. The highest BCUT2D eigenvalue weighted by Gasteiger charge is 2.28. The van der Waals surface area contributed by atoms with Crippen LogP contribution in [0.3, 0.4) is 0 Å². The maximum absolute atomic E-state index is 10.5. The molecule has 0 aliphatic carbocycles. The highest BCUT2D eigenvalue weighted by atomic mass is 16.4. The van der Waals surface area contributed by atoms with Gasteiger partial charge in [0, 0.05) is 0 Å². The van der Waals surface area contributed by atoms with E-state index in [0.717, 1.165) is 0 Å². The second kappa shape index (κ2) is 12.1. The number of aliphatic hydroxyl groups is 9. The van der Waals surface area contributed by atoms with Crippen molar-refractivity contribution in [3.8, 4) is 0 Å². The van der Waals surface area contributed by atoms with Gasteiger partial charge in [-0.1, -0.05) is 0 Å². The average molecular weight is 302 g/mol. The van der Waals surface area contributed by atoms with Gasteiger partial charge in [0.1, 0.15) is 37.1 Å². The molecule has 122 valence electrons. The molecular weight excluding hydrogens is 280 g/mol. The fourth-order valence-electron chi connectivity index (χ4n) is 0.846. The Morgan fingerprint density at radius 2 is 1.05 bits per heavy atom. The quantitative estimate of drug-likeness (QED) is 0.208. The smallest absolute Gasteiger partial charge is 0.189 e. The normalized spacial score (nSPS) is 18.2. The maximum atomic E-state index is 10.5. The van der Waals surface area contributed by atoms with Crippen molar-refractivity contribution in [2.24, 2.45) is 0 Å². The van der Waals surface area contributed by atoms with Crippen molar-refractivity contribution in [3.63, 3.8) is 0 Å². The lowest BCUT2D eigenvalue weighted by Crippen LogP contribution is -2.44. The first-order valence-corrected chi connectivity index (χ1v) is 5.63. The molecule has 0 saturated heterocycles. The molecule has 0 aromatic carbocycles. The van der Waals surface area contributed by atoms with Gasteiger partial charge in [-0.3, -0.25) is 4.79 Å². The molecule has 5 atom stereocenters.